The number of ether oxygens (including phenoxy) is 6. The minimum atomic E-state index is -1.70. The molecule has 2 rings (SSSR count). The maximum Gasteiger partial charge on any atom is 0.306 e. The third-order valence-electron chi connectivity index (χ3n) is 10.1. The van der Waals surface area contributed by atoms with E-state index in [1.54, 1.807) is 0 Å². The molecule has 0 aliphatic carbocycles. The molecule has 0 saturated carbocycles. The lowest BCUT2D eigenvalue weighted by Gasteiger charge is -2.42. The average molecular weight is 829 g/mol. The number of carbonyl (C=O) groups is 1. The van der Waals surface area contributed by atoms with Gasteiger partial charge in [-0.05, 0) is 51.4 Å². The number of carbonyl (C=O) groups excluding carboxylic acids is 1. The fourth-order valence-electron chi connectivity index (χ4n) is 6.49. The lowest BCUT2D eigenvalue weighted by atomic mass is 9.98. The van der Waals surface area contributed by atoms with Gasteiger partial charge in [-0.15, -0.1) is 0 Å². The van der Waals surface area contributed by atoms with Crippen molar-refractivity contribution in [3.63, 3.8) is 0 Å². The highest BCUT2D eigenvalue weighted by Crippen LogP contribution is 2.26. The Morgan fingerprint density at radius 2 is 1.10 bits per heavy atom. The summed E-state index contributed by atoms with van der Waals surface area (Å²) in [5.41, 5.74) is 0. The van der Waals surface area contributed by atoms with Crippen molar-refractivity contribution in [2.75, 3.05) is 33.0 Å². The summed E-state index contributed by atoms with van der Waals surface area (Å²) in [7, 11) is 0. The van der Waals surface area contributed by atoms with Crippen molar-refractivity contribution in [3.05, 3.63) is 48.6 Å². The maximum absolute atomic E-state index is 12.5. The zero-order chi connectivity index (χ0) is 42.4. The lowest BCUT2D eigenvalue weighted by molar-refractivity contribution is -0.332. The van der Waals surface area contributed by atoms with Crippen LogP contribution in [0.2, 0.25) is 0 Å². The van der Waals surface area contributed by atoms with Crippen LogP contribution in [0, 0.1) is 0 Å². The number of rotatable bonds is 32. The Kier molecular flexibility index (Phi) is 29.4. The van der Waals surface area contributed by atoms with E-state index in [2.05, 4.69) is 55.5 Å². The number of allylic oxidation sites excluding steroid dienone is 8. The van der Waals surface area contributed by atoms with Crippen molar-refractivity contribution in [1.29, 1.82) is 0 Å². The summed E-state index contributed by atoms with van der Waals surface area (Å²) in [6.07, 6.45) is 19.0. The first-order chi connectivity index (χ1) is 28.1. The number of unbranched alkanes of at least 4 members (excludes halogenated alkanes) is 10. The third-order valence-corrected chi connectivity index (χ3v) is 10.1. The largest absolute Gasteiger partial charge is 0.457 e. The van der Waals surface area contributed by atoms with Crippen LogP contribution in [0.3, 0.4) is 0 Å². The lowest BCUT2D eigenvalue weighted by Crippen LogP contribution is -2.61. The van der Waals surface area contributed by atoms with E-state index in [9.17, 15) is 40.5 Å². The van der Waals surface area contributed by atoms with Gasteiger partial charge >= 0.3 is 5.97 Å². The number of hydrogen-bond donors (Lipinski definition) is 7. The number of hydrogen-bond acceptors (Lipinski definition) is 14. The van der Waals surface area contributed by atoms with E-state index in [0.717, 1.165) is 57.8 Å². The van der Waals surface area contributed by atoms with Gasteiger partial charge in [-0.25, -0.2) is 0 Å². The molecule has 11 atom stereocenters. The van der Waals surface area contributed by atoms with E-state index in [1.807, 2.05) is 6.92 Å². The zero-order valence-corrected chi connectivity index (χ0v) is 35.0. The molecule has 336 valence electrons. The van der Waals surface area contributed by atoms with Gasteiger partial charge < -0.3 is 64.2 Å². The second-order valence-corrected chi connectivity index (χ2v) is 15.1. The van der Waals surface area contributed by atoms with Crippen LogP contribution in [-0.4, -0.2) is 142 Å². The molecular weight excluding hydrogens is 752 g/mol. The van der Waals surface area contributed by atoms with Crippen LogP contribution < -0.4 is 0 Å². The van der Waals surface area contributed by atoms with Gasteiger partial charge in [0, 0.05) is 13.0 Å². The fourth-order valence-corrected chi connectivity index (χ4v) is 6.49. The normalized spacial score (nSPS) is 28.7. The first-order valence-corrected chi connectivity index (χ1v) is 21.7. The van der Waals surface area contributed by atoms with E-state index in [-0.39, 0.29) is 19.6 Å². The molecule has 2 aliphatic heterocycles. The van der Waals surface area contributed by atoms with E-state index in [1.165, 1.54) is 38.5 Å². The molecule has 11 unspecified atom stereocenters. The quantitative estimate of drug-likeness (QED) is 0.0284. The Balaban J connectivity index is 1.63. The summed E-state index contributed by atoms with van der Waals surface area (Å²) in [6.45, 7) is 3.27. The minimum Gasteiger partial charge on any atom is -0.457 e. The van der Waals surface area contributed by atoms with E-state index in [4.69, 9.17) is 28.4 Å². The van der Waals surface area contributed by atoms with Crippen LogP contribution in [0.15, 0.2) is 48.6 Å². The Bertz CT molecular complexity index is 1150. The van der Waals surface area contributed by atoms with Gasteiger partial charge in [0.1, 0.15) is 54.9 Å². The van der Waals surface area contributed by atoms with Crippen molar-refractivity contribution >= 4 is 5.97 Å². The van der Waals surface area contributed by atoms with Gasteiger partial charge in [0.05, 0.1) is 26.4 Å². The van der Waals surface area contributed by atoms with Gasteiger partial charge in [0.15, 0.2) is 12.6 Å². The number of esters is 1. The summed E-state index contributed by atoms with van der Waals surface area (Å²) < 4.78 is 33.7. The second kappa shape index (κ2) is 32.7. The van der Waals surface area contributed by atoms with Gasteiger partial charge in [-0.1, -0.05) is 114 Å². The van der Waals surface area contributed by atoms with E-state index in [0.29, 0.717) is 13.0 Å². The van der Waals surface area contributed by atoms with Gasteiger partial charge in [-0.3, -0.25) is 4.79 Å². The Labute approximate surface area is 346 Å². The molecule has 14 heteroatoms. The van der Waals surface area contributed by atoms with Gasteiger partial charge in [0.25, 0.3) is 0 Å². The van der Waals surface area contributed by atoms with Crippen LogP contribution in [-0.2, 0) is 33.2 Å². The van der Waals surface area contributed by atoms with Crippen LogP contribution >= 0.6 is 0 Å². The summed E-state index contributed by atoms with van der Waals surface area (Å²) in [5, 5.41) is 71.4. The molecular formula is C44H76O14. The molecule has 2 heterocycles. The molecule has 2 saturated heterocycles. The maximum atomic E-state index is 12.5. The summed E-state index contributed by atoms with van der Waals surface area (Å²) >= 11 is 0. The molecule has 14 nitrogen and oxygen atoms in total. The highest BCUT2D eigenvalue weighted by atomic mass is 16.7. The monoisotopic (exact) mass is 829 g/mol. The highest BCUT2D eigenvalue weighted by Gasteiger charge is 2.47. The van der Waals surface area contributed by atoms with Crippen molar-refractivity contribution in [1.82, 2.24) is 0 Å². The molecule has 0 amide bonds. The highest BCUT2D eigenvalue weighted by molar-refractivity contribution is 5.69. The third kappa shape index (κ3) is 21.5. The fraction of sp³-hybridized carbons (Fsp3) is 0.795. The summed E-state index contributed by atoms with van der Waals surface area (Å²) in [4.78, 5) is 12.5. The topological polar surface area (TPSA) is 214 Å². The van der Waals surface area contributed by atoms with Crippen LogP contribution in [0.4, 0.5) is 0 Å². The molecule has 0 bridgehead atoms. The second-order valence-electron chi connectivity index (χ2n) is 15.1. The zero-order valence-electron chi connectivity index (χ0n) is 35.0. The molecule has 58 heavy (non-hydrogen) atoms. The van der Waals surface area contributed by atoms with E-state index < -0.39 is 86.7 Å². The molecule has 2 fully saturated rings. The van der Waals surface area contributed by atoms with Crippen molar-refractivity contribution < 1.29 is 69.0 Å². The van der Waals surface area contributed by atoms with Crippen LogP contribution in [0.5, 0.6) is 0 Å². The molecule has 7 N–H and O–H groups in total. The molecule has 2 aliphatic rings. The molecule has 0 aromatic heterocycles. The summed E-state index contributed by atoms with van der Waals surface area (Å²) in [6, 6.07) is 0. The van der Waals surface area contributed by atoms with Crippen LogP contribution in [0.1, 0.15) is 123 Å². The predicted molar refractivity (Wildman–Crippen MR) is 219 cm³/mol. The molecule has 0 radical (unpaired) electrons. The molecule has 0 spiro atoms. The van der Waals surface area contributed by atoms with Gasteiger partial charge in [0.2, 0.25) is 0 Å². The average Bonchev–Trinajstić information content (AvgIpc) is 3.22. The number of aliphatic hydroxyl groups excluding tert-OH is 7. The SMILES string of the molecule is CC/C=C\C/C=C\C/C=C\C/C=C\CCCCCCCCCCCOCC(COC1OC(COC2OC(CO)C(O)C(O)C2O)C(O)C(O)C1O)OC(=O)CCCC. The first kappa shape index (κ1) is 52.1. The van der Waals surface area contributed by atoms with Gasteiger partial charge in [-0.2, -0.15) is 0 Å². The smallest absolute Gasteiger partial charge is 0.306 e. The van der Waals surface area contributed by atoms with E-state index >= 15 is 0 Å². The first-order valence-electron chi connectivity index (χ1n) is 21.7. The Hall–Kier alpha value is -2.05. The van der Waals surface area contributed by atoms with Crippen molar-refractivity contribution in [2.45, 2.75) is 191 Å². The number of aliphatic hydroxyl groups is 7. The standard InChI is InChI=1S/C44H76O14/c1-3-5-7-8-9-10-11-12-13-14-15-16-17-18-19-20-21-22-23-24-25-26-28-53-30-33(56-36(46)27-6-4-2)31-54-43-42(52)40(50)38(48)35(58-43)32-55-44-41(51)39(49)37(47)34(29-45)57-44/h5,7,9-10,12-13,15-16,33-35,37-45,47-52H,3-4,6,8,11,14,17-32H2,1-2H3/b7-5-,10-9-,13-12-,16-15-. The molecule has 0 aromatic carbocycles. The van der Waals surface area contributed by atoms with Crippen molar-refractivity contribution in [2.24, 2.45) is 0 Å². The van der Waals surface area contributed by atoms with Crippen molar-refractivity contribution in [3.8, 4) is 0 Å². The van der Waals surface area contributed by atoms with Crippen LogP contribution in [0.25, 0.3) is 0 Å². The Morgan fingerprint density at radius 3 is 1.69 bits per heavy atom. The predicted octanol–water partition coefficient (Wildman–Crippen LogP) is 4.45. The molecule has 0 aromatic rings. The summed E-state index contributed by atoms with van der Waals surface area (Å²) in [5.74, 6) is -0.417. The Morgan fingerprint density at radius 1 is 0.586 bits per heavy atom. The minimum absolute atomic E-state index is 0.0520.